The standard InChI is InChI=1S/C22H32N6O/c29-22-19-15-18(4-5-20(19)25-28(22)21-3-1-2-8-24-21)27-13-11-26(12-14-27)16-17-6-9-23-10-7-17/h1-3,8,17-18,23,29H,4-7,9-16H2. The number of rotatable bonds is 4. The highest BCUT2D eigenvalue weighted by Crippen LogP contribution is 2.32. The Bertz CT molecular complexity index is 808. The summed E-state index contributed by atoms with van der Waals surface area (Å²) in [6, 6.07) is 6.20. The highest BCUT2D eigenvalue weighted by Gasteiger charge is 2.32. The molecule has 1 unspecified atom stereocenters. The van der Waals surface area contributed by atoms with Crippen molar-refractivity contribution in [3.05, 3.63) is 35.7 Å². The van der Waals surface area contributed by atoms with Crippen LogP contribution in [0.15, 0.2) is 24.4 Å². The molecular formula is C22H32N6O. The molecule has 0 amide bonds. The van der Waals surface area contributed by atoms with Crippen LogP contribution in [0.25, 0.3) is 5.82 Å². The molecule has 7 nitrogen and oxygen atoms in total. The maximum atomic E-state index is 10.8. The van der Waals surface area contributed by atoms with E-state index in [0.717, 1.165) is 49.5 Å². The molecule has 0 radical (unpaired) electrons. The predicted molar refractivity (Wildman–Crippen MR) is 112 cm³/mol. The fraction of sp³-hybridized carbons (Fsp3) is 0.636. The van der Waals surface area contributed by atoms with Gasteiger partial charge in [0.25, 0.3) is 0 Å². The second-order valence-corrected chi connectivity index (χ2v) is 8.78. The molecule has 0 spiro atoms. The average molecular weight is 397 g/mol. The second-order valence-electron chi connectivity index (χ2n) is 8.78. The van der Waals surface area contributed by atoms with Crippen LogP contribution in [0, 0.1) is 5.92 Å². The minimum absolute atomic E-state index is 0.271. The Morgan fingerprint density at radius 3 is 2.66 bits per heavy atom. The molecule has 1 aliphatic carbocycles. The maximum absolute atomic E-state index is 10.8. The predicted octanol–water partition coefficient (Wildman–Crippen LogP) is 1.45. The van der Waals surface area contributed by atoms with Gasteiger partial charge in [-0.05, 0) is 63.2 Å². The van der Waals surface area contributed by atoms with E-state index in [9.17, 15) is 5.11 Å². The Hall–Kier alpha value is -1.96. The molecule has 1 atom stereocenters. The Balaban J connectivity index is 1.20. The van der Waals surface area contributed by atoms with Gasteiger partial charge in [0.2, 0.25) is 5.88 Å². The van der Waals surface area contributed by atoms with E-state index < -0.39 is 0 Å². The molecule has 5 rings (SSSR count). The van der Waals surface area contributed by atoms with Crippen LogP contribution in [0.5, 0.6) is 5.88 Å². The van der Waals surface area contributed by atoms with Gasteiger partial charge < -0.3 is 15.3 Å². The van der Waals surface area contributed by atoms with Gasteiger partial charge in [0.15, 0.2) is 5.82 Å². The first-order valence-electron chi connectivity index (χ1n) is 11.2. The lowest BCUT2D eigenvalue weighted by molar-refractivity contribution is 0.0763. The van der Waals surface area contributed by atoms with Crippen molar-refractivity contribution in [1.82, 2.24) is 29.9 Å². The molecule has 7 heteroatoms. The van der Waals surface area contributed by atoms with Crippen molar-refractivity contribution in [2.24, 2.45) is 5.92 Å². The summed E-state index contributed by atoms with van der Waals surface area (Å²) in [5.41, 5.74) is 2.05. The summed E-state index contributed by atoms with van der Waals surface area (Å²) in [4.78, 5) is 9.64. The SMILES string of the molecule is Oc1c2c(nn1-c1ccccn1)CCC(N1CCN(CC3CCNCC3)CC1)C2. The van der Waals surface area contributed by atoms with Crippen LogP contribution in [-0.4, -0.2) is 81.5 Å². The summed E-state index contributed by atoms with van der Waals surface area (Å²) in [7, 11) is 0. The molecule has 0 aromatic carbocycles. The number of piperidine rings is 1. The monoisotopic (exact) mass is 396 g/mol. The van der Waals surface area contributed by atoms with Crippen LogP contribution < -0.4 is 5.32 Å². The largest absolute Gasteiger partial charge is 0.493 e. The highest BCUT2D eigenvalue weighted by molar-refractivity contribution is 5.39. The number of hydrogen-bond donors (Lipinski definition) is 2. The molecule has 2 aromatic rings. The van der Waals surface area contributed by atoms with Crippen molar-refractivity contribution in [3.8, 4) is 11.7 Å². The topological polar surface area (TPSA) is 69.5 Å². The molecule has 2 aromatic heterocycles. The summed E-state index contributed by atoms with van der Waals surface area (Å²) < 4.78 is 1.60. The zero-order valence-electron chi connectivity index (χ0n) is 17.1. The number of aromatic hydroxyl groups is 1. The number of fused-ring (bicyclic) bond motifs is 1. The average Bonchev–Trinajstić information content (AvgIpc) is 3.12. The zero-order valence-corrected chi connectivity index (χ0v) is 17.1. The zero-order chi connectivity index (χ0) is 19.6. The van der Waals surface area contributed by atoms with E-state index >= 15 is 0 Å². The van der Waals surface area contributed by atoms with Gasteiger partial charge in [0, 0.05) is 50.5 Å². The number of nitrogens with one attached hydrogen (secondary N) is 1. The van der Waals surface area contributed by atoms with Gasteiger partial charge in [-0.2, -0.15) is 9.78 Å². The van der Waals surface area contributed by atoms with Crippen LogP contribution in [-0.2, 0) is 12.8 Å². The molecule has 156 valence electrons. The molecule has 0 bridgehead atoms. The van der Waals surface area contributed by atoms with E-state index in [2.05, 4.69) is 25.2 Å². The highest BCUT2D eigenvalue weighted by atomic mass is 16.3. The minimum atomic E-state index is 0.271. The van der Waals surface area contributed by atoms with Gasteiger partial charge in [-0.15, -0.1) is 0 Å². The number of nitrogens with zero attached hydrogens (tertiary/aromatic N) is 5. The van der Waals surface area contributed by atoms with Crippen LogP contribution >= 0.6 is 0 Å². The molecule has 3 aliphatic rings. The molecule has 4 heterocycles. The van der Waals surface area contributed by atoms with Crippen LogP contribution in [0.1, 0.15) is 30.5 Å². The van der Waals surface area contributed by atoms with Gasteiger partial charge in [-0.3, -0.25) is 4.90 Å². The van der Waals surface area contributed by atoms with Crippen LogP contribution in [0.4, 0.5) is 0 Å². The molecular weight excluding hydrogens is 364 g/mol. The minimum Gasteiger partial charge on any atom is -0.493 e. The van der Waals surface area contributed by atoms with E-state index in [1.165, 1.54) is 45.6 Å². The van der Waals surface area contributed by atoms with Gasteiger partial charge in [0.1, 0.15) is 0 Å². The van der Waals surface area contributed by atoms with Gasteiger partial charge in [-0.1, -0.05) is 6.07 Å². The number of aryl methyl sites for hydroxylation is 1. The third kappa shape index (κ3) is 4.04. The van der Waals surface area contributed by atoms with Gasteiger partial charge >= 0.3 is 0 Å². The number of hydrogen-bond acceptors (Lipinski definition) is 6. The van der Waals surface area contributed by atoms with E-state index in [0.29, 0.717) is 11.9 Å². The smallest absolute Gasteiger partial charge is 0.219 e. The lowest BCUT2D eigenvalue weighted by atomic mass is 9.91. The Morgan fingerprint density at radius 2 is 1.90 bits per heavy atom. The van der Waals surface area contributed by atoms with Crippen molar-refractivity contribution < 1.29 is 5.11 Å². The number of pyridine rings is 1. The normalized spacial score (nSPS) is 24.5. The first-order chi connectivity index (χ1) is 14.3. The molecule has 2 N–H and O–H groups in total. The maximum Gasteiger partial charge on any atom is 0.219 e. The Labute approximate surface area is 172 Å². The number of aromatic nitrogens is 3. The third-order valence-corrected chi connectivity index (χ3v) is 6.96. The first kappa shape index (κ1) is 19.0. The van der Waals surface area contributed by atoms with Gasteiger partial charge in [-0.25, -0.2) is 4.98 Å². The lowest BCUT2D eigenvalue weighted by Gasteiger charge is -2.41. The van der Waals surface area contributed by atoms with E-state index in [1.54, 1.807) is 10.9 Å². The Morgan fingerprint density at radius 1 is 1.07 bits per heavy atom. The third-order valence-electron chi connectivity index (χ3n) is 6.96. The molecule has 2 saturated heterocycles. The Kier molecular flexibility index (Phi) is 5.52. The molecule has 29 heavy (non-hydrogen) atoms. The fourth-order valence-corrected chi connectivity index (χ4v) is 5.23. The van der Waals surface area contributed by atoms with Crippen molar-refractivity contribution in [2.45, 2.75) is 38.1 Å². The molecule has 0 saturated carbocycles. The quantitative estimate of drug-likeness (QED) is 0.815. The van der Waals surface area contributed by atoms with Crippen LogP contribution in [0.2, 0.25) is 0 Å². The summed E-state index contributed by atoms with van der Waals surface area (Å²) in [5, 5.41) is 18.9. The van der Waals surface area contributed by atoms with Crippen molar-refractivity contribution in [2.75, 3.05) is 45.8 Å². The van der Waals surface area contributed by atoms with Crippen molar-refractivity contribution in [1.29, 1.82) is 0 Å². The van der Waals surface area contributed by atoms with E-state index in [4.69, 9.17) is 0 Å². The summed E-state index contributed by atoms with van der Waals surface area (Å²) in [6.07, 6.45) is 7.34. The van der Waals surface area contributed by atoms with Crippen LogP contribution in [0.3, 0.4) is 0 Å². The van der Waals surface area contributed by atoms with E-state index in [1.807, 2.05) is 18.2 Å². The van der Waals surface area contributed by atoms with Crippen molar-refractivity contribution in [3.63, 3.8) is 0 Å². The van der Waals surface area contributed by atoms with E-state index in [-0.39, 0.29) is 5.88 Å². The number of piperazine rings is 1. The van der Waals surface area contributed by atoms with Crippen molar-refractivity contribution >= 4 is 0 Å². The first-order valence-corrected chi connectivity index (χ1v) is 11.2. The lowest BCUT2D eigenvalue weighted by Crippen LogP contribution is -2.52. The molecule has 2 aliphatic heterocycles. The molecule has 2 fully saturated rings. The fourth-order valence-electron chi connectivity index (χ4n) is 5.23. The summed E-state index contributed by atoms with van der Waals surface area (Å²) in [6.45, 7) is 8.26. The van der Waals surface area contributed by atoms with Gasteiger partial charge in [0.05, 0.1) is 5.69 Å². The summed E-state index contributed by atoms with van der Waals surface area (Å²) >= 11 is 0. The summed E-state index contributed by atoms with van der Waals surface area (Å²) in [5.74, 6) is 1.82. The second kappa shape index (κ2) is 8.42.